The SMILES string of the molecule is C=CC(=O)OCCC[N+](CCC)(CCC)C(C)CCS(=O)(=O)[O-]. The molecule has 0 bridgehead atoms. The van der Waals surface area contributed by atoms with Crippen molar-refractivity contribution in [2.45, 2.75) is 52.5 Å². The quantitative estimate of drug-likeness (QED) is 0.167. The molecule has 0 radical (unpaired) electrons. The van der Waals surface area contributed by atoms with Crippen LogP contribution < -0.4 is 0 Å². The molecule has 0 aliphatic carbocycles. The average molecular weight is 349 g/mol. The Morgan fingerprint density at radius 2 is 1.83 bits per heavy atom. The zero-order valence-electron chi connectivity index (χ0n) is 14.6. The van der Waals surface area contributed by atoms with E-state index < -0.39 is 16.1 Å². The van der Waals surface area contributed by atoms with Crippen molar-refractivity contribution >= 4 is 16.1 Å². The molecule has 136 valence electrons. The number of esters is 1. The third kappa shape index (κ3) is 9.07. The molecule has 0 aromatic rings. The van der Waals surface area contributed by atoms with Crippen molar-refractivity contribution in [3.8, 4) is 0 Å². The summed E-state index contributed by atoms with van der Waals surface area (Å²) >= 11 is 0. The first kappa shape index (κ1) is 22.1. The molecular formula is C16H31NO5S. The van der Waals surface area contributed by atoms with Crippen LogP contribution in [0.3, 0.4) is 0 Å². The Kier molecular flexibility index (Phi) is 10.3. The summed E-state index contributed by atoms with van der Waals surface area (Å²) in [7, 11) is -4.19. The summed E-state index contributed by atoms with van der Waals surface area (Å²) < 4.78 is 38.5. The lowest BCUT2D eigenvalue weighted by Gasteiger charge is -2.44. The predicted octanol–water partition coefficient (Wildman–Crippen LogP) is 2.07. The molecular weight excluding hydrogens is 318 g/mol. The summed E-state index contributed by atoms with van der Waals surface area (Å²) in [6.45, 7) is 12.5. The second-order valence-electron chi connectivity index (χ2n) is 6.01. The van der Waals surface area contributed by atoms with Crippen LogP contribution in [0, 0.1) is 0 Å². The van der Waals surface area contributed by atoms with Crippen LogP contribution in [0.4, 0.5) is 0 Å². The fraction of sp³-hybridized carbons (Fsp3) is 0.812. The minimum atomic E-state index is -4.19. The van der Waals surface area contributed by atoms with Crippen LogP contribution in [-0.4, -0.2) is 61.5 Å². The van der Waals surface area contributed by atoms with E-state index >= 15 is 0 Å². The molecule has 6 nitrogen and oxygen atoms in total. The molecule has 1 atom stereocenters. The van der Waals surface area contributed by atoms with Gasteiger partial charge in [-0.25, -0.2) is 13.2 Å². The molecule has 0 heterocycles. The maximum Gasteiger partial charge on any atom is 0.330 e. The zero-order valence-corrected chi connectivity index (χ0v) is 15.4. The molecule has 0 aromatic carbocycles. The molecule has 0 aliphatic rings. The van der Waals surface area contributed by atoms with Gasteiger partial charge in [0.05, 0.1) is 42.4 Å². The van der Waals surface area contributed by atoms with Crippen molar-refractivity contribution in [3.05, 3.63) is 12.7 Å². The largest absolute Gasteiger partial charge is 0.748 e. The molecule has 0 aliphatic heterocycles. The van der Waals surface area contributed by atoms with Gasteiger partial charge in [0.1, 0.15) is 0 Å². The topological polar surface area (TPSA) is 83.5 Å². The molecule has 1 unspecified atom stereocenters. The number of carbonyl (C=O) groups excluding carboxylic acids is 1. The molecule has 0 saturated heterocycles. The Hall–Kier alpha value is -0.920. The fourth-order valence-corrected chi connectivity index (χ4v) is 3.72. The van der Waals surface area contributed by atoms with Gasteiger partial charge in [-0.3, -0.25) is 0 Å². The van der Waals surface area contributed by atoms with Gasteiger partial charge in [0, 0.05) is 24.7 Å². The number of ether oxygens (including phenoxy) is 1. The Labute approximate surface area is 140 Å². The number of carbonyl (C=O) groups is 1. The third-order valence-corrected chi connectivity index (χ3v) is 4.95. The highest BCUT2D eigenvalue weighted by atomic mass is 32.2. The molecule has 0 saturated carbocycles. The lowest BCUT2D eigenvalue weighted by Crippen LogP contribution is -2.56. The van der Waals surface area contributed by atoms with E-state index in [1.165, 1.54) is 0 Å². The van der Waals surface area contributed by atoms with Crippen LogP contribution >= 0.6 is 0 Å². The molecule has 23 heavy (non-hydrogen) atoms. The minimum absolute atomic E-state index is 0.0775. The van der Waals surface area contributed by atoms with E-state index in [1.54, 1.807) is 0 Å². The molecule has 0 aromatic heterocycles. The van der Waals surface area contributed by atoms with Crippen LogP contribution in [-0.2, 0) is 19.6 Å². The van der Waals surface area contributed by atoms with Crippen LogP contribution in [0.5, 0.6) is 0 Å². The molecule has 0 spiro atoms. The molecule has 7 heteroatoms. The van der Waals surface area contributed by atoms with Gasteiger partial charge in [-0.05, 0) is 19.8 Å². The summed E-state index contributed by atoms with van der Waals surface area (Å²) in [6, 6.07) is 0.0775. The Bertz CT molecular complexity index is 455. The van der Waals surface area contributed by atoms with Crippen molar-refractivity contribution in [3.63, 3.8) is 0 Å². The van der Waals surface area contributed by atoms with E-state index in [0.717, 1.165) is 43.0 Å². The monoisotopic (exact) mass is 349 g/mol. The second kappa shape index (κ2) is 10.8. The van der Waals surface area contributed by atoms with E-state index in [9.17, 15) is 17.8 Å². The number of quaternary nitrogens is 1. The summed E-state index contributed by atoms with van der Waals surface area (Å²) in [6.07, 6.45) is 4.15. The van der Waals surface area contributed by atoms with Gasteiger partial charge in [-0.1, -0.05) is 20.4 Å². The minimum Gasteiger partial charge on any atom is -0.748 e. The number of hydrogen-bond donors (Lipinski definition) is 0. The zero-order chi connectivity index (χ0) is 17.9. The van der Waals surface area contributed by atoms with Crippen LogP contribution in [0.15, 0.2) is 12.7 Å². The van der Waals surface area contributed by atoms with E-state index in [1.807, 2.05) is 6.92 Å². The summed E-state index contributed by atoms with van der Waals surface area (Å²) in [5, 5.41) is 0. The van der Waals surface area contributed by atoms with E-state index in [0.29, 0.717) is 19.4 Å². The first-order valence-corrected chi connectivity index (χ1v) is 9.87. The van der Waals surface area contributed by atoms with Gasteiger partial charge in [0.25, 0.3) is 0 Å². The molecule has 0 amide bonds. The van der Waals surface area contributed by atoms with Gasteiger partial charge < -0.3 is 13.8 Å². The molecule has 0 N–H and O–H groups in total. The van der Waals surface area contributed by atoms with Crippen molar-refractivity contribution in [2.75, 3.05) is 32.0 Å². The summed E-state index contributed by atoms with van der Waals surface area (Å²) in [5.41, 5.74) is 0. The van der Waals surface area contributed by atoms with E-state index in [2.05, 4.69) is 20.4 Å². The maximum atomic E-state index is 11.1. The normalized spacial score (nSPS) is 13.6. The number of hydrogen-bond acceptors (Lipinski definition) is 5. The fourth-order valence-electron chi connectivity index (χ4n) is 3.09. The Morgan fingerprint density at radius 1 is 1.26 bits per heavy atom. The Morgan fingerprint density at radius 3 is 2.26 bits per heavy atom. The van der Waals surface area contributed by atoms with Crippen molar-refractivity contribution in [1.29, 1.82) is 0 Å². The smallest absolute Gasteiger partial charge is 0.330 e. The highest BCUT2D eigenvalue weighted by Crippen LogP contribution is 2.20. The van der Waals surface area contributed by atoms with Gasteiger partial charge in [-0.2, -0.15) is 0 Å². The lowest BCUT2D eigenvalue weighted by atomic mass is 10.1. The van der Waals surface area contributed by atoms with Crippen LogP contribution in [0.25, 0.3) is 0 Å². The van der Waals surface area contributed by atoms with E-state index in [-0.39, 0.29) is 11.8 Å². The maximum absolute atomic E-state index is 11.1. The molecule has 0 fully saturated rings. The highest BCUT2D eigenvalue weighted by molar-refractivity contribution is 7.85. The van der Waals surface area contributed by atoms with Gasteiger partial charge in [0.15, 0.2) is 0 Å². The second-order valence-corrected chi connectivity index (χ2v) is 7.54. The van der Waals surface area contributed by atoms with Gasteiger partial charge in [0.2, 0.25) is 0 Å². The van der Waals surface area contributed by atoms with Gasteiger partial charge >= 0.3 is 5.97 Å². The predicted molar refractivity (Wildman–Crippen MR) is 89.9 cm³/mol. The molecule has 0 rings (SSSR count). The summed E-state index contributed by atoms with van der Waals surface area (Å²) in [4.78, 5) is 11.1. The van der Waals surface area contributed by atoms with Gasteiger partial charge in [-0.15, -0.1) is 0 Å². The van der Waals surface area contributed by atoms with Crippen molar-refractivity contribution < 1.29 is 27.0 Å². The van der Waals surface area contributed by atoms with Crippen molar-refractivity contribution in [2.24, 2.45) is 0 Å². The number of rotatable bonds is 13. The first-order valence-electron chi connectivity index (χ1n) is 8.29. The van der Waals surface area contributed by atoms with Crippen molar-refractivity contribution in [1.82, 2.24) is 0 Å². The van der Waals surface area contributed by atoms with E-state index in [4.69, 9.17) is 4.74 Å². The van der Waals surface area contributed by atoms with Crippen LogP contribution in [0.2, 0.25) is 0 Å². The Balaban J connectivity index is 4.84. The third-order valence-electron chi connectivity index (χ3n) is 4.22. The first-order chi connectivity index (χ1) is 10.7. The van der Waals surface area contributed by atoms with Crippen LogP contribution in [0.1, 0.15) is 46.5 Å². The average Bonchev–Trinajstić information content (AvgIpc) is 2.48. The standard InChI is InChI=1S/C16H31NO5S/c1-5-10-17(11-6-2,12-8-13-22-16(18)7-3)15(4)9-14-23(19,20)21/h7,15H,3,5-6,8-14H2,1-2,4H3. The lowest BCUT2D eigenvalue weighted by molar-refractivity contribution is -0.950. The summed E-state index contributed by atoms with van der Waals surface area (Å²) in [5.74, 6) is -0.757. The highest BCUT2D eigenvalue weighted by Gasteiger charge is 2.32. The number of nitrogens with zero attached hydrogens (tertiary/aromatic N) is 1.